The normalized spacial score (nSPS) is 14.2. The van der Waals surface area contributed by atoms with Gasteiger partial charge < -0.3 is 19.6 Å². The van der Waals surface area contributed by atoms with Crippen LogP contribution in [0, 0.1) is 0 Å². The number of carbonyl (C=O) groups excluding carboxylic acids is 1. The number of H-pyrrole nitrogens is 1. The van der Waals surface area contributed by atoms with Crippen LogP contribution in [0.2, 0.25) is 5.02 Å². The van der Waals surface area contributed by atoms with Crippen molar-refractivity contribution in [3.8, 4) is 28.1 Å². The van der Waals surface area contributed by atoms with Crippen molar-refractivity contribution in [2.75, 3.05) is 19.0 Å². The first kappa shape index (κ1) is 26.6. The number of anilines is 1. The summed E-state index contributed by atoms with van der Waals surface area (Å²) in [5, 5.41) is 14.9. The summed E-state index contributed by atoms with van der Waals surface area (Å²) in [6, 6.07) is 16.4. The van der Waals surface area contributed by atoms with Crippen molar-refractivity contribution in [3.05, 3.63) is 94.0 Å². The molecule has 41 heavy (non-hydrogen) atoms. The van der Waals surface area contributed by atoms with Crippen LogP contribution in [0.4, 0.5) is 5.69 Å². The third-order valence-electron chi connectivity index (χ3n) is 7.14. The number of halogens is 1. The zero-order valence-electron chi connectivity index (χ0n) is 22.2. The lowest BCUT2D eigenvalue weighted by Crippen LogP contribution is -2.23. The lowest BCUT2D eigenvalue weighted by molar-refractivity contribution is -0.116. The lowest BCUT2D eigenvalue weighted by atomic mass is 10.0. The molecule has 0 bridgehead atoms. The summed E-state index contributed by atoms with van der Waals surface area (Å²) in [4.78, 5) is 33.6. The zero-order chi connectivity index (χ0) is 28.3. The van der Waals surface area contributed by atoms with Crippen molar-refractivity contribution in [2.45, 2.75) is 31.7 Å². The molecule has 1 amide bonds. The smallest absolute Gasteiger partial charge is 0.252 e. The molecule has 0 radical (unpaired) electrons. The van der Waals surface area contributed by atoms with Gasteiger partial charge in [-0.05, 0) is 77.2 Å². The Balaban J connectivity index is 1.22. The van der Waals surface area contributed by atoms with E-state index in [0.717, 1.165) is 58.1 Å². The largest absolute Gasteiger partial charge is 0.385 e. The number of methoxy groups -OCH3 is 1. The Morgan fingerprint density at radius 1 is 1.15 bits per heavy atom. The fraction of sp³-hybridized carbons (Fsp3) is 0.241. The van der Waals surface area contributed by atoms with Crippen molar-refractivity contribution in [3.63, 3.8) is 0 Å². The number of aryl methyl sites for hydroxylation is 1. The summed E-state index contributed by atoms with van der Waals surface area (Å²) in [5.74, 6) is 0.676. The highest BCUT2D eigenvalue weighted by Crippen LogP contribution is 2.34. The fourth-order valence-electron chi connectivity index (χ4n) is 5.21. The number of nitrogens with zero attached hydrogens (tertiary/aromatic N) is 6. The van der Waals surface area contributed by atoms with Crippen molar-refractivity contribution in [1.82, 2.24) is 34.7 Å². The van der Waals surface area contributed by atoms with Crippen molar-refractivity contribution >= 4 is 23.2 Å². The van der Waals surface area contributed by atoms with Crippen LogP contribution < -0.4 is 10.9 Å². The van der Waals surface area contributed by atoms with Gasteiger partial charge in [0.05, 0.1) is 23.6 Å². The van der Waals surface area contributed by atoms with E-state index in [2.05, 4.69) is 30.8 Å². The van der Waals surface area contributed by atoms with Gasteiger partial charge in [-0.15, -0.1) is 5.10 Å². The summed E-state index contributed by atoms with van der Waals surface area (Å²) in [6.45, 7) is 0.554. The van der Waals surface area contributed by atoms with Crippen LogP contribution in [-0.4, -0.2) is 54.4 Å². The van der Waals surface area contributed by atoms with Crippen LogP contribution in [0.25, 0.3) is 28.1 Å². The van der Waals surface area contributed by atoms with Crippen LogP contribution in [-0.2, 0) is 16.0 Å². The van der Waals surface area contributed by atoms with E-state index in [0.29, 0.717) is 24.5 Å². The maximum atomic E-state index is 13.5. The highest BCUT2D eigenvalue weighted by Gasteiger charge is 2.28. The van der Waals surface area contributed by atoms with Crippen molar-refractivity contribution < 1.29 is 9.53 Å². The average Bonchev–Trinajstić information content (AvgIpc) is 3.75. The molecule has 0 spiro atoms. The summed E-state index contributed by atoms with van der Waals surface area (Å²) in [5.41, 5.74) is 5.54. The number of tetrazole rings is 1. The average molecular weight is 571 g/mol. The molecule has 6 rings (SSSR count). The third-order valence-corrected chi connectivity index (χ3v) is 7.38. The van der Waals surface area contributed by atoms with Gasteiger partial charge in [-0.2, -0.15) is 4.68 Å². The number of hydrogen-bond donors (Lipinski definition) is 2. The number of benzene rings is 2. The molecule has 208 valence electrons. The third kappa shape index (κ3) is 5.54. The number of ether oxygens (including phenoxy) is 1. The Bertz CT molecular complexity index is 1740. The Morgan fingerprint density at radius 2 is 2.00 bits per heavy atom. The number of rotatable bonds is 9. The Labute approximate surface area is 240 Å². The van der Waals surface area contributed by atoms with E-state index < -0.39 is 0 Å². The van der Waals surface area contributed by atoms with Gasteiger partial charge in [0.15, 0.2) is 0 Å². The molecule has 1 aliphatic rings. The van der Waals surface area contributed by atoms with Crippen molar-refractivity contribution in [2.24, 2.45) is 0 Å². The number of pyridine rings is 1. The standard InChI is InChI=1S/C29H27ClN8O3/c1-41-12-2-3-27(39)33-21-7-4-18(5-8-21)24-16-31-29(34-24)26-11-9-22-13-19(14-28(40)38(22)26)23-15-20(30)6-10-25(23)37-17-32-35-36-37/h4-8,10,13-17,26H,2-3,9,11-12H2,1H3,(H,31,34)(H,33,39). The molecule has 0 aliphatic carbocycles. The molecule has 3 aromatic heterocycles. The number of fused-ring (bicyclic) bond motifs is 1. The number of nitrogens with one attached hydrogen (secondary N) is 2. The van der Waals surface area contributed by atoms with E-state index in [-0.39, 0.29) is 17.5 Å². The summed E-state index contributed by atoms with van der Waals surface area (Å²) in [7, 11) is 1.62. The molecular formula is C29H27ClN8O3. The van der Waals surface area contributed by atoms with Crippen LogP contribution >= 0.6 is 11.6 Å². The van der Waals surface area contributed by atoms with Crippen LogP contribution in [0.5, 0.6) is 0 Å². The minimum Gasteiger partial charge on any atom is -0.385 e. The summed E-state index contributed by atoms with van der Waals surface area (Å²) in [6.07, 6.45) is 5.83. The minimum absolute atomic E-state index is 0.0471. The number of amides is 1. The van der Waals surface area contributed by atoms with E-state index in [1.807, 2.05) is 42.5 Å². The SMILES string of the molecule is COCCCC(=O)Nc1ccc(-c2cnc(C3CCc4cc(-c5cc(Cl)ccc5-n5cnnn5)cc(=O)n43)[nH]2)cc1. The minimum atomic E-state index is -0.204. The molecule has 1 atom stereocenters. The molecule has 12 heteroatoms. The molecule has 0 fully saturated rings. The van der Waals surface area contributed by atoms with Gasteiger partial charge in [-0.25, -0.2) is 4.98 Å². The fourth-order valence-corrected chi connectivity index (χ4v) is 5.38. The molecular weight excluding hydrogens is 544 g/mol. The quantitative estimate of drug-likeness (QED) is 0.250. The highest BCUT2D eigenvalue weighted by molar-refractivity contribution is 6.31. The molecule has 2 N–H and O–H groups in total. The Kier molecular flexibility index (Phi) is 7.45. The molecule has 4 heterocycles. The topological polar surface area (TPSA) is 133 Å². The molecule has 0 saturated heterocycles. The Morgan fingerprint density at radius 3 is 2.78 bits per heavy atom. The van der Waals surface area contributed by atoms with E-state index in [1.54, 1.807) is 34.7 Å². The lowest BCUT2D eigenvalue weighted by Gasteiger charge is -2.15. The van der Waals surface area contributed by atoms with Crippen molar-refractivity contribution in [1.29, 1.82) is 0 Å². The number of carbonyl (C=O) groups is 1. The summed E-state index contributed by atoms with van der Waals surface area (Å²) >= 11 is 6.32. The van der Waals surface area contributed by atoms with Gasteiger partial charge in [0.2, 0.25) is 5.91 Å². The maximum Gasteiger partial charge on any atom is 0.252 e. The number of imidazole rings is 1. The van der Waals surface area contributed by atoms with Gasteiger partial charge >= 0.3 is 0 Å². The predicted octanol–water partition coefficient (Wildman–Crippen LogP) is 4.44. The van der Waals surface area contributed by atoms with E-state index in [1.165, 1.54) is 6.33 Å². The zero-order valence-corrected chi connectivity index (χ0v) is 23.0. The van der Waals surface area contributed by atoms with Crippen LogP contribution in [0.15, 0.2) is 71.9 Å². The maximum absolute atomic E-state index is 13.5. The van der Waals surface area contributed by atoms with Gasteiger partial charge in [0, 0.05) is 48.2 Å². The van der Waals surface area contributed by atoms with E-state index >= 15 is 0 Å². The molecule has 0 saturated carbocycles. The molecule has 1 aliphatic heterocycles. The highest BCUT2D eigenvalue weighted by atomic mass is 35.5. The molecule has 2 aromatic carbocycles. The Hall–Kier alpha value is -4.61. The second kappa shape index (κ2) is 11.5. The number of aromatic amines is 1. The van der Waals surface area contributed by atoms with Crippen LogP contribution in [0.1, 0.15) is 36.8 Å². The monoisotopic (exact) mass is 570 g/mol. The van der Waals surface area contributed by atoms with Gasteiger partial charge in [-0.1, -0.05) is 23.7 Å². The second-order valence-corrected chi connectivity index (χ2v) is 10.3. The van der Waals surface area contributed by atoms with E-state index in [9.17, 15) is 9.59 Å². The molecule has 1 unspecified atom stereocenters. The molecule has 11 nitrogen and oxygen atoms in total. The molecule has 5 aromatic rings. The van der Waals surface area contributed by atoms with E-state index in [4.69, 9.17) is 16.3 Å². The summed E-state index contributed by atoms with van der Waals surface area (Å²) < 4.78 is 8.35. The second-order valence-electron chi connectivity index (χ2n) is 9.82. The number of aromatic nitrogens is 7. The van der Waals surface area contributed by atoms with Gasteiger partial charge in [0.1, 0.15) is 12.2 Å². The number of hydrogen-bond acceptors (Lipinski definition) is 7. The predicted molar refractivity (Wildman–Crippen MR) is 154 cm³/mol. The van der Waals surface area contributed by atoms with Gasteiger partial charge in [-0.3, -0.25) is 9.59 Å². The first-order valence-corrected chi connectivity index (χ1v) is 13.6. The first-order chi connectivity index (χ1) is 20.0. The van der Waals surface area contributed by atoms with Crippen LogP contribution in [0.3, 0.4) is 0 Å². The van der Waals surface area contributed by atoms with Gasteiger partial charge in [0.25, 0.3) is 5.56 Å². The first-order valence-electron chi connectivity index (χ1n) is 13.2.